The van der Waals surface area contributed by atoms with Crippen molar-refractivity contribution in [3.05, 3.63) is 0 Å². The summed E-state index contributed by atoms with van der Waals surface area (Å²) in [5.74, 6) is 0. The van der Waals surface area contributed by atoms with Gasteiger partial charge in [-0.15, -0.1) is 0 Å². The van der Waals surface area contributed by atoms with Crippen molar-refractivity contribution in [2.24, 2.45) is 0 Å². The van der Waals surface area contributed by atoms with E-state index in [-0.39, 0.29) is 0 Å². The SMILES string of the molecule is CC(=N)[C@H]1CCCN1. The van der Waals surface area contributed by atoms with Gasteiger partial charge in [0.2, 0.25) is 0 Å². The summed E-state index contributed by atoms with van der Waals surface area (Å²) >= 11 is 0. The third kappa shape index (κ3) is 1.07. The molecule has 1 rings (SSSR count). The minimum absolute atomic E-state index is 0.398. The highest BCUT2D eigenvalue weighted by atomic mass is 14.9. The quantitative estimate of drug-likeness (QED) is 0.483. The number of hydrogen-bond acceptors (Lipinski definition) is 2. The standard InChI is InChI=1S/C6H12N2/c1-5(7)6-3-2-4-8-6/h6-8H,2-4H2,1H3/t6-/m1/s1. The molecule has 2 N–H and O–H groups in total. The van der Waals surface area contributed by atoms with Crippen molar-refractivity contribution in [3.8, 4) is 0 Å². The highest BCUT2D eigenvalue weighted by molar-refractivity contribution is 5.84. The molecular weight excluding hydrogens is 100 g/mol. The Labute approximate surface area is 49.8 Å². The Morgan fingerprint density at radius 1 is 1.75 bits per heavy atom. The van der Waals surface area contributed by atoms with E-state index in [1.807, 2.05) is 6.92 Å². The molecular formula is C6H12N2. The van der Waals surface area contributed by atoms with E-state index in [1.165, 1.54) is 6.42 Å². The van der Waals surface area contributed by atoms with Crippen LogP contribution in [0.4, 0.5) is 0 Å². The molecule has 1 fully saturated rings. The Balaban J connectivity index is 2.35. The second-order valence-electron chi connectivity index (χ2n) is 2.33. The van der Waals surface area contributed by atoms with E-state index < -0.39 is 0 Å². The van der Waals surface area contributed by atoms with Gasteiger partial charge in [-0.1, -0.05) is 0 Å². The Hall–Kier alpha value is -0.370. The number of nitrogens with one attached hydrogen (secondary N) is 2. The second kappa shape index (κ2) is 2.27. The summed E-state index contributed by atoms with van der Waals surface area (Å²) in [4.78, 5) is 0. The van der Waals surface area contributed by atoms with Gasteiger partial charge in [-0.25, -0.2) is 0 Å². The summed E-state index contributed by atoms with van der Waals surface area (Å²) in [5, 5.41) is 10.5. The lowest BCUT2D eigenvalue weighted by atomic mass is 10.1. The van der Waals surface area contributed by atoms with Crippen LogP contribution in [0.5, 0.6) is 0 Å². The Kier molecular flexibility index (Phi) is 1.63. The van der Waals surface area contributed by atoms with Gasteiger partial charge in [0.25, 0.3) is 0 Å². The predicted molar refractivity (Wildman–Crippen MR) is 34.4 cm³/mol. The van der Waals surface area contributed by atoms with Crippen LogP contribution in [-0.2, 0) is 0 Å². The first kappa shape index (κ1) is 5.76. The maximum atomic E-state index is 7.23. The van der Waals surface area contributed by atoms with Crippen LogP contribution >= 0.6 is 0 Å². The van der Waals surface area contributed by atoms with E-state index in [0.717, 1.165) is 18.7 Å². The van der Waals surface area contributed by atoms with Crippen LogP contribution < -0.4 is 5.32 Å². The minimum Gasteiger partial charge on any atom is -0.309 e. The molecule has 0 aromatic heterocycles. The molecule has 0 spiro atoms. The van der Waals surface area contributed by atoms with Crippen LogP contribution in [0.2, 0.25) is 0 Å². The molecule has 1 saturated heterocycles. The van der Waals surface area contributed by atoms with E-state index in [1.54, 1.807) is 0 Å². The molecule has 1 aliphatic heterocycles. The van der Waals surface area contributed by atoms with E-state index in [2.05, 4.69) is 5.32 Å². The van der Waals surface area contributed by atoms with Gasteiger partial charge in [0.15, 0.2) is 0 Å². The molecule has 0 saturated carbocycles. The normalized spacial score (nSPS) is 28.4. The fourth-order valence-electron chi connectivity index (χ4n) is 1.05. The van der Waals surface area contributed by atoms with Crippen molar-refractivity contribution in [3.63, 3.8) is 0 Å². The topological polar surface area (TPSA) is 35.9 Å². The smallest absolute Gasteiger partial charge is 0.0445 e. The summed E-state index contributed by atoms with van der Waals surface area (Å²) in [6, 6.07) is 0.398. The molecule has 2 nitrogen and oxygen atoms in total. The molecule has 0 aromatic rings. The van der Waals surface area contributed by atoms with Gasteiger partial charge in [0.1, 0.15) is 0 Å². The zero-order valence-corrected chi connectivity index (χ0v) is 5.20. The lowest BCUT2D eigenvalue weighted by Gasteiger charge is -2.04. The maximum Gasteiger partial charge on any atom is 0.0445 e. The molecule has 1 heterocycles. The number of hydrogen-bond donors (Lipinski definition) is 2. The molecule has 0 radical (unpaired) electrons. The predicted octanol–water partition coefficient (Wildman–Crippen LogP) is 0.778. The summed E-state index contributed by atoms with van der Waals surface area (Å²) < 4.78 is 0. The molecule has 46 valence electrons. The minimum atomic E-state index is 0.398. The molecule has 0 bridgehead atoms. The van der Waals surface area contributed by atoms with Gasteiger partial charge in [-0.2, -0.15) is 0 Å². The fourth-order valence-corrected chi connectivity index (χ4v) is 1.05. The van der Waals surface area contributed by atoms with Crippen LogP contribution in [0.15, 0.2) is 0 Å². The van der Waals surface area contributed by atoms with Gasteiger partial charge in [0.05, 0.1) is 0 Å². The lowest BCUT2D eigenvalue weighted by Crippen LogP contribution is -2.27. The molecule has 0 amide bonds. The third-order valence-electron chi connectivity index (χ3n) is 1.58. The van der Waals surface area contributed by atoms with Crippen molar-refractivity contribution in [2.45, 2.75) is 25.8 Å². The van der Waals surface area contributed by atoms with Gasteiger partial charge in [-0.3, -0.25) is 0 Å². The zero-order chi connectivity index (χ0) is 5.98. The monoisotopic (exact) mass is 112 g/mol. The highest BCUT2D eigenvalue weighted by Gasteiger charge is 2.14. The second-order valence-corrected chi connectivity index (χ2v) is 2.33. The van der Waals surface area contributed by atoms with Crippen LogP contribution in [0.25, 0.3) is 0 Å². The average molecular weight is 112 g/mol. The van der Waals surface area contributed by atoms with E-state index >= 15 is 0 Å². The van der Waals surface area contributed by atoms with Crippen LogP contribution in [-0.4, -0.2) is 18.3 Å². The Morgan fingerprint density at radius 2 is 2.50 bits per heavy atom. The molecule has 1 aliphatic rings. The van der Waals surface area contributed by atoms with Crippen LogP contribution in [0, 0.1) is 5.41 Å². The molecule has 2 heteroatoms. The van der Waals surface area contributed by atoms with Crippen LogP contribution in [0.3, 0.4) is 0 Å². The van der Waals surface area contributed by atoms with Gasteiger partial charge >= 0.3 is 0 Å². The summed E-state index contributed by atoms with van der Waals surface area (Å²) in [6.07, 6.45) is 2.40. The van der Waals surface area contributed by atoms with Crippen molar-refractivity contribution < 1.29 is 0 Å². The Bertz CT molecular complexity index is 92.7. The van der Waals surface area contributed by atoms with Crippen molar-refractivity contribution in [1.29, 1.82) is 5.41 Å². The highest BCUT2D eigenvalue weighted by Crippen LogP contribution is 2.04. The summed E-state index contributed by atoms with van der Waals surface area (Å²) in [6.45, 7) is 2.96. The summed E-state index contributed by atoms with van der Waals surface area (Å²) in [7, 11) is 0. The molecule has 0 aromatic carbocycles. The van der Waals surface area contributed by atoms with Crippen molar-refractivity contribution in [1.82, 2.24) is 5.32 Å². The Morgan fingerprint density at radius 3 is 2.75 bits per heavy atom. The van der Waals surface area contributed by atoms with Crippen molar-refractivity contribution >= 4 is 5.71 Å². The molecule has 8 heavy (non-hydrogen) atoms. The lowest BCUT2D eigenvalue weighted by molar-refractivity contribution is 0.755. The largest absolute Gasteiger partial charge is 0.309 e. The zero-order valence-electron chi connectivity index (χ0n) is 5.20. The van der Waals surface area contributed by atoms with Crippen LogP contribution in [0.1, 0.15) is 19.8 Å². The van der Waals surface area contributed by atoms with E-state index in [4.69, 9.17) is 5.41 Å². The molecule has 0 aliphatic carbocycles. The van der Waals surface area contributed by atoms with Gasteiger partial charge in [-0.05, 0) is 26.3 Å². The maximum absolute atomic E-state index is 7.23. The number of rotatable bonds is 1. The van der Waals surface area contributed by atoms with Gasteiger partial charge < -0.3 is 10.7 Å². The first-order valence-electron chi connectivity index (χ1n) is 3.09. The molecule has 1 atom stereocenters. The summed E-state index contributed by atoms with van der Waals surface area (Å²) in [5.41, 5.74) is 0.780. The first-order valence-corrected chi connectivity index (χ1v) is 3.09. The third-order valence-corrected chi connectivity index (χ3v) is 1.58. The van der Waals surface area contributed by atoms with Crippen molar-refractivity contribution in [2.75, 3.05) is 6.54 Å². The van der Waals surface area contributed by atoms with E-state index in [9.17, 15) is 0 Å². The van der Waals surface area contributed by atoms with Gasteiger partial charge in [0, 0.05) is 11.8 Å². The first-order chi connectivity index (χ1) is 3.80. The fraction of sp³-hybridized carbons (Fsp3) is 0.833. The molecule has 0 unspecified atom stereocenters. The van der Waals surface area contributed by atoms with E-state index in [0.29, 0.717) is 6.04 Å². The average Bonchev–Trinajstić information content (AvgIpc) is 2.12.